The van der Waals surface area contributed by atoms with Gasteiger partial charge in [-0.2, -0.15) is 0 Å². The Morgan fingerprint density at radius 3 is 1.24 bits per heavy atom. The minimum absolute atomic E-state index is 0.314. The van der Waals surface area contributed by atoms with Crippen LogP contribution in [0.2, 0.25) is 0 Å². The van der Waals surface area contributed by atoms with Crippen molar-refractivity contribution in [2.24, 2.45) is 11.8 Å². The van der Waals surface area contributed by atoms with Gasteiger partial charge < -0.3 is 4.79 Å². The molecule has 0 aromatic rings. The SMILES string of the molecule is CCCCC/C=C\C/C=C\CCCCCCC(C=O)CCCCCCCCCCCCCCCC(C)C. The van der Waals surface area contributed by atoms with E-state index in [9.17, 15) is 4.79 Å². The maximum atomic E-state index is 11.4. The lowest BCUT2D eigenvalue weighted by Gasteiger charge is -2.10. The van der Waals surface area contributed by atoms with Crippen LogP contribution < -0.4 is 0 Å². The third-order valence-corrected chi connectivity index (χ3v) is 7.82. The van der Waals surface area contributed by atoms with E-state index in [2.05, 4.69) is 45.1 Å². The zero-order valence-electron chi connectivity index (χ0n) is 25.8. The smallest absolute Gasteiger partial charge is 0.123 e. The Balaban J connectivity index is 3.36. The Morgan fingerprint density at radius 1 is 0.459 bits per heavy atom. The molecule has 0 radical (unpaired) electrons. The molecular formula is C36H68O. The molecule has 0 aromatic carbocycles. The van der Waals surface area contributed by atoms with Crippen molar-refractivity contribution in [1.82, 2.24) is 0 Å². The molecule has 0 amide bonds. The van der Waals surface area contributed by atoms with Crippen molar-refractivity contribution in [1.29, 1.82) is 0 Å². The van der Waals surface area contributed by atoms with Gasteiger partial charge in [0.2, 0.25) is 0 Å². The molecule has 0 rings (SSSR count). The van der Waals surface area contributed by atoms with E-state index in [4.69, 9.17) is 0 Å². The molecule has 0 N–H and O–H groups in total. The summed E-state index contributed by atoms with van der Waals surface area (Å²) in [6.07, 6.45) is 45.1. The number of allylic oxidation sites excluding steroid dienone is 4. The van der Waals surface area contributed by atoms with E-state index < -0.39 is 0 Å². The quantitative estimate of drug-likeness (QED) is 0.0527. The lowest BCUT2D eigenvalue weighted by molar-refractivity contribution is -0.111. The van der Waals surface area contributed by atoms with Crippen LogP contribution in [-0.4, -0.2) is 6.29 Å². The molecule has 0 aliphatic carbocycles. The van der Waals surface area contributed by atoms with Gasteiger partial charge in [-0.15, -0.1) is 0 Å². The maximum Gasteiger partial charge on any atom is 0.123 e. The highest BCUT2D eigenvalue weighted by Crippen LogP contribution is 2.18. The van der Waals surface area contributed by atoms with Crippen molar-refractivity contribution in [3.63, 3.8) is 0 Å². The van der Waals surface area contributed by atoms with Crippen molar-refractivity contribution >= 4 is 6.29 Å². The predicted molar refractivity (Wildman–Crippen MR) is 168 cm³/mol. The normalized spacial score (nSPS) is 12.9. The summed E-state index contributed by atoms with van der Waals surface area (Å²) >= 11 is 0. The topological polar surface area (TPSA) is 17.1 Å². The first kappa shape index (κ1) is 36.1. The molecule has 0 aliphatic heterocycles. The molecule has 0 heterocycles. The number of unbranched alkanes of at least 4 members (excludes halogenated alkanes) is 19. The van der Waals surface area contributed by atoms with Gasteiger partial charge in [0.05, 0.1) is 0 Å². The average molecular weight is 517 g/mol. The molecule has 0 fully saturated rings. The highest BCUT2D eigenvalue weighted by Gasteiger charge is 2.06. The molecule has 37 heavy (non-hydrogen) atoms. The van der Waals surface area contributed by atoms with Crippen LogP contribution in [0, 0.1) is 11.8 Å². The Hall–Kier alpha value is -0.850. The summed E-state index contributed by atoms with van der Waals surface area (Å²) in [5.74, 6) is 1.19. The minimum atomic E-state index is 0.314. The van der Waals surface area contributed by atoms with Gasteiger partial charge in [-0.3, -0.25) is 0 Å². The second-order valence-corrected chi connectivity index (χ2v) is 12.1. The van der Waals surface area contributed by atoms with E-state index in [0.29, 0.717) is 5.92 Å². The Kier molecular flexibility index (Phi) is 30.6. The molecule has 0 aliphatic rings. The van der Waals surface area contributed by atoms with E-state index in [1.54, 1.807) is 0 Å². The minimum Gasteiger partial charge on any atom is -0.303 e. The predicted octanol–water partition coefficient (Wildman–Crippen LogP) is 12.7. The van der Waals surface area contributed by atoms with Crippen molar-refractivity contribution in [3.8, 4) is 0 Å². The van der Waals surface area contributed by atoms with Crippen molar-refractivity contribution < 1.29 is 4.79 Å². The Morgan fingerprint density at radius 2 is 0.838 bits per heavy atom. The standard InChI is InChI=1S/C36H68O/c1-4-5-6-7-8-9-10-11-14-17-20-23-26-29-32-36(34-37)33-30-27-24-21-18-15-12-13-16-19-22-25-28-31-35(2)3/h8-9,11,14,34-36H,4-7,10,12-13,15-33H2,1-3H3/b9-8-,14-11-. The lowest BCUT2D eigenvalue weighted by atomic mass is 9.95. The van der Waals surface area contributed by atoms with Crippen LogP contribution in [0.5, 0.6) is 0 Å². The van der Waals surface area contributed by atoms with Crippen LogP contribution in [-0.2, 0) is 4.79 Å². The zero-order valence-corrected chi connectivity index (χ0v) is 25.8. The van der Waals surface area contributed by atoms with Crippen molar-refractivity contribution in [2.75, 3.05) is 0 Å². The summed E-state index contributed by atoms with van der Waals surface area (Å²) in [5.41, 5.74) is 0. The molecule has 1 atom stereocenters. The van der Waals surface area contributed by atoms with Crippen molar-refractivity contribution in [2.45, 2.75) is 188 Å². The number of rotatable bonds is 30. The summed E-state index contributed by atoms with van der Waals surface area (Å²) in [6, 6.07) is 0. The second-order valence-electron chi connectivity index (χ2n) is 12.1. The molecule has 218 valence electrons. The van der Waals surface area contributed by atoms with Crippen molar-refractivity contribution in [3.05, 3.63) is 24.3 Å². The van der Waals surface area contributed by atoms with Crippen LogP contribution >= 0.6 is 0 Å². The lowest BCUT2D eigenvalue weighted by Crippen LogP contribution is -2.02. The van der Waals surface area contributed by atoms with Gasteiger partial charge in [0.1, 0.15) is 6.29 Å². The summed E-state index contributed by atoms with van der Waals surface area (Å²) in [7, 11) is 0. The van der Waals surface area contributed by atoms with E-state index in [1.165, 1.54) is 154 Å². The van der Waals surface area contributed by atoms with E-state index in [0.717, 1.165) is 25.2 Å². The summed E-state index contributed by atoms with van der Waals surface area (Å²) in [5, 5.41) is 0. The first-order valence-electron chi connectivity index (χ1n) is 17.0. The largest absolute Gasteiger partial charge is 0.303 e. The van der Waals surface area contributed by atoms with Crippen LogP contribution in [0.3, 0.4) is 0 Å². The molecule has 1 unspecified atom stereocenters. The fraction of sp³-hybridized carbons (Fsp3) is 0.861. The van der Waals surface area contributed by atoms with Gasteiger partial charge in [-0.05, 0) is 50.9 Å². The number of hydrogen-bond donors (Lipinski definition) is 0. The van der Waals surface area contributed by atoms with Gasteiger partial charge >= 0.3 is 0 Å². The molecule has 0 saturated heterocycles. The second kappa shape index (κ2) is 31.4. The summed E-state index contributed by atoms with van der Waals surface area (Å²) in [6.45, 7) is 6.93. The third-order valence-electron chi connectivity index (χ3n) is 7.82. The van der Waals surface area contributed by atoms with E-state index in [1.807, 2.05) is 0 Å². The van der Waals surface area contributed by atoms with Gasteiger partial charge in [0.25, 0.3) is 0 Å². The number of carbonyl (C=O) groups is 1. The van der Waals surface area contributed by atoms with Gasteiger partial charge in [0.15, 0.2) is 0 Å². The van der Waals surface area contributed by atoms with Crippen LogP contribution in [0.4, 0.5) is 0 Å². The summed E-state index contributed by atoms with van der Waals surface area (Å²) < 4.78 is 0. The highest BCUT2D eigenvalue weighted by atomic mass is 16.1. The molecular weight excluding hydrogens is 448 g/mol. The highest BCUT2D eigenvalue weighted by molar-refractivity contribution is 5.53. The first-order valence-corrected chi connectivity index (χ1v) is 17.0. The molecule has 0 spiro atoms. The maximum absolute atomic E-state index is 11.4. The fourth-order valence-corrected chi connectivity index (χ4v) is 5.23. The third kappa shape index (κ3) is 31.3. The Labute approximate surface area is 234 Å². The van der Waals surface area contributed by atoms with E-state index >= 15 is 0 Å². The number of carbonyl (C=O) groups excluding carboxylic acids is 1. The fourth-order valence-electron chi connectivity index (χ4n) is 5.23. The van der Waals surface area contributed by atoms with E-state index in [-0.39, 0.29) is 0 Å². The number of hydrogen-bond acceptors (Lipinski definition) is 1. The first-order chi connectivity index (χ1) is 18.2. The zero-order chi connectivity index (χ0) is 27.1. The Bertz CT molecular complexity index is 489. The van der Waals surface area contributed by atoms with Crippen LogP contribution in [0.15, 0.2) is 24.3 Å². The van der Waals surface area contributed by atoms with Gasteiger partial charge in [-0.25, -0.2) is 0 Å². The molecule has 0 saturated carbocycles. The van der Waals surface area contributed by atoms with Gasteiger partial charge in [-0.1, -0.05) is 167 Å². The van der Waals surface area contributed by atoms with Crippen LogP contribution in [0.25, 0.3) is 0 Å². The number of aldehydes is 1. The monoisotopic (exact) mass is 517 g/mol. The average Bonchev–Trinajstić information content (AvgIpc) is 2.89. The molecule has 0 aromatic heterocycles. The molecule has 1 nitrogen and oxygen atoms in total. The summed E-state index contributed by atoms with van der Waals surface area (Å²) in [4.78, 5) is 11.4. The molecule has 1 heteroatoms. The molecule has 0 bridgehead atoms. The van der Waals surface area contributed by atoms with Gasteiger partial charge in [0, 0.05) is 5.92 Å². The van der Waals surface area contributed by atoms with Crippen LogP contribution in [0.1, 0.15) is 188 Å².